The lowest BCUT2D eigenvalue weighted by molar-refractivity contribution is -0.122. The molecule has 1 aliphatic heterocycles. The molecule has 2 bridgehead atoms. The first-order valence-corrected chi connectivity index (χ1v) is 8.30. The summed E-state index contributed by atoms with van der Waals surface area (Å²) < 4.78 is 0. The SMILES string of the molecule is CC1(C)[C@H]2Cc3cc4nccnc4cc3[C@]1(C)CCN2.O=CC=O. The number of hydrogen-bond acceptors (Lipinski definition) is 5. The summed E-state index contributed by atoms with van der Waals surface area (Å²) in [5, 5.41) is 3.72. The number of benzene rings is 1. The monoisotopic (exact) mass is 325 g/mol. The summed E-state index contributed by atoms with van der Waals surface area (Å²) in [4.78, 5) is 26.6. The second kappa shape index (κ2) is 6.06. The number of fused-ring (bicyclic) bond motifs is 5. The second-order valence-corrected chi connectivity index (χ2v) is 7.34. The van der Waals surface area contributed by atoms with E-state index in [1.165, 1.54) is 17.5 Å². The highest BCUT2D eigenvalue weighted by Gasteiger charge is 2.53. The predicted molar refractivity (Wildman–Crippen MR) is 92.9 cm³/mol. The number of aldehydes is 2. The fourth-order valence-corrected chi connectivity index (χ4v) is 4.22. The fraction of sp³-hybridized carbons (Fsp3) is 0.474. The van der Waals surface area contributed by atoms with Crippen LogP contribution in [-0.2, 0) is 21.4 Å². The van der Waals surface area contributed by atoms with E-state index < -0.39 is 0 Å². The van der Waals surface area contributed by atoms with E-state index in [0.29, 0.717) is 6.04 Å². The summed E-state index contributed by atoms with van der Waals surface area (Å²) in [5.74, 6) is 0. The molecule has 1 aliphatic carbocycles. The molecule has 5 nitrogen and oxygen atoms in total. The molecule has 1 aromatic carbocycles. The number of hydrogen-bond donors (Lipinski definition) is 1. The van der Waals surface area contributed by atoms with Crippen molar-refractivity contribution in [2.75, 3.05) is 6.54 Å². The summed E-state index contributed by atoms with van der Waals surface area (Å²) >= 11 is 0. The first kappa shape index (κ1) is 16.7. The average Bonchev–Trinajstić information content (AvgIpc) is 2.57. The minimum absolute atomic E-state index is 0.194. The van der Waals surface area contributed by atoms with Gasteiger partial charge in [0.15, 0.2) is 12.6 Å². The number of nitrogens with one attached hydrogen (secondary N) is 1. The Morgan fingerprint density at radius 3 is 2.33 bits per heavy atom. The number of nitrogens with zero attached hydrogens (tertiary/aromatic N) is 2. The molecule has 0 spiro atoms. The average molecular weight is 325 g/mol. The molecule has 1 saturated heterocycles. The van der Waals surface area contributed by atoms with E-state index >= 15 is 0 Å². The van der Waals surface area contributed by atoms with Crippen molar-refractivity contribution in [3.63, 3.8) is 0 Å². The van der Waals surface area contributed by atoms with Crippen LogP contribution < -0.4 is 5.32 Å². The maximum Gasteiger partial charge on any atom is 0.182 e. The molecule has 1 fully saturated rings. The van der Waals surface area contributed by atoms with E-state index in [9.17, 15) is 0 Å². The van der Waals surface area contributed by atoms with Crippen molar-refractivity contribution in [2.45, 2.75) is 45.1 Å². The van der Waals surface area contributed by atoms with Gasteiger partial charge in [0.2, 0.25) is 0 Å². The molecule has 2 atom stereocenters. The van der Waals surface area contributed by atoms with E-state index in [0.717, 1.165) is 24.0 Å². The number of aromatic nitrogens is 2. The van der Waals surface area contributed by atoms with Crippen LogP contribution in [0, 0.1) is 5.41 Å². The molecular weight excluding hydrogens is 302 g/mol. The van der Waals surface area contributed by atoms with Crippen LogP contribution >= 0.6 is 0 Å². The Morgan fingerprint density at radius 1 is 1.08 bits per heavy atom. The Labute approximate surface area is 141 Å². The lowest BCUT2D eigenvalue weighted by Crippen LogP contribution is -2.62. The quantitative estimate of drug-likeness (QED) is 0.643. The molecule has 2 aromatic rings. The maximum absolute atomic E-state index is 8.81. The minimum Gasteiger partial charge on any atom is -0.313 e. The van der Waals surface area contributed by atoms with E-state index in [1.807, 2.05) is 0 Å². The standard InChI is InChI=1S/C17H21N3.C2H2O2/c1-16(2)15-9-11-8-13-14(19-7-6-18-13)10-12(11)17(16,3)4-5-20-15;3-1-2-4/h6-8,10,15,20H,4-5,9H2,1-3H3;1-2H/t15-,17+;/m1./s1. The molecule has 1 N–H and O–H groups in total. The van der Waals surface area contributed by atoms with E-state index in [2.05, 4.69) is 48.2 Å². The van der Waals surface area contributed by atoms with Crippen molar-refractivity contribution < 1.29 is 9.59 Å². The third-order valence-electron chi connectivity index (χ3n) is 6.08. The van der Waals surface area contributed by atoms with Gasteiger partial charge in [-0.2, -0.15) is 0 Å². The molecule has 0 amide bonds. The van der Waals surface area contributed by atoms with Crippen molar-refractivity contribution in [2.24, 2.45) is 5.41 Å². The van der Waals surface area contributed by atoms with Crippen molar-refractivity contribution in [3.8, 4) is 0 Å². The van der Waals surface area contributed by atoms with Gasteiger partial charge in [0.05, 0.1) is 11.0 Å². The summed E-state index contributed by atoms with van der Waals surface area (Å²) in [6.07, 6.45) is 6.25. The van der Waals surface area contributed by atoms with Crippen LogP contribution in [0.25, 0.3) is 11.0 Å². The highest BCUT2D eigenvalue weighted by molar-refractivity contribution is 6.09. The number of rotatable bonds is 1. The summed E-state index contributed by atoms with van der Waals surface area (Å²) in [5.41, 5.74) is 5.49. The lowest BCUT2D eigenvalue weighted by Gasteiger charge is -2.57. The first-order valence-electron chi connectivity index (χ1n) is 8.30. The minimum atomic E-state index is 0.194. The molecule has 24 heavy (non-hydrogen) atoms. The van der Waals surface area contributed by atoms with Gasteiger partial charge < -0.3 is 5.32 Å². The molecule has 1 aromatic heterocycles. The van der Waals surface area contributed by atoms with Gasteiger partial charge in [-0.15, -0.1) is 0 Å². The number of carbonyl (C=O) groups excluding carboxylic acids is 2. The molecule has 5 heteroatoms. The van der Waals surface area contributed by atoms with E-state index in [4.69, 9.17) is 9.59 Å². The van der Waals surface area contributed by atoms with Crippen LogP contribution in [0.3, 0.4) is 0 Å². The van der Waals surface area contributed by atoms with Gasteiger partial charge in [0.1, 0.15) is 0 Å². The predicted octanol–water partition coefficient (Wildman–Crippen LogP) is 2.22. The molecule has 0 radical (unpaired) electrons. The van der Waals surface area contributed by atoms with Gasteiger partial charge in [-0.3, -0.25) is 19.6 Å². The Hall–Kier alpha value is -2.14. The van der Waals surface area contributed by atoms with Crippen LogP contribution in [0.4, 0.5) is 0 Å². The largest absolute Gasteiger partial charge is 0.313 e. The summed E-state index contributed by atoms with van der Waals surface area (Å²) in [6.45, 7) is 8.37. The zero-order chi connectivity index (χ0) is 17.4. The highest BCUT2D eigenvalue weighted by Crippen LogP contribution is 2.53. The van der Waals surface area contributed by atoms with Crippen LogP contribution in [0.1, 0.15) is 38.3 Å². The zero-order valence-electron chi connectivity index (χ0n) is 14.4. The van der Waals surface area contributed by atoms with Gasteiger partial charge in [0, 0.05) is 23.9 Å². The van der Waals surface area contributed by atoms with Gasteiger partial charge >= 0.3 is 0 Å². The summed E-state index contributed by atoms with van der Waals surface area (Å²) in [7, 11) is 0. The molecule has 0 saturated carbocycles. The van der Waals surface area contributed by atoms with Crippen molar-refractivity contribution in [3.05, 3.63) is 35.7 Å². The zero-order valence-corrected chi connectivity index (χ0v) is 14.4. The Balaban J connectivity index is 0.000000383. The number of piperidine rings is 1. The highest BCUT2D eigenvalue weighted by atomic mass is 16.2. The van der Waals surface area contributed by atoms with Gasteiger partial charge in [0.25, 0.3) is 0 Å². The normalized spacial score (nSPS) is 26.7. The Morgan fingerprint density at radius 2 is 1.71 bits per heavy atom. The third-order valence-corrected chi connectivity index (χ3v) is 6.08. The van der Waals surface area contributed by atoms with Crippen LogP contribution in [0.5, 0.6) is 0 Å². The topological polar surface area (TPSA) is 72.0 Å². The van der Waals surface area contributed by atoms with Crippen LogP contribution in [0.15, 0.2) is 24.5 Å². The summed E-state index contributed by atoms with van der Waals surface area (Å²) in [6, 6.07) is 5.11. The lowest BCUT2D eigenvalue weighted by atomic mass is 9.51. The van der Waals surface area contributed by atoms with Gasteiger partial charge in [-0.1, -0.05) is 20.8 Å². The first-order chi connectivity index (χ1) is 11.4. The molecule has 126 valence electrons. The van der Waals surface area contributed by atoms with Crippen molar-refractivity contribution >= 4 is 23.6 Å². The number of carbonyl (C=O) groups is 2. The molecular formula is C19H23N3O2. The van der Waals surface area contributed by atoms with E-state index in [1.54, 1.807) is 12.4 Å². The van der Waals surface area contributed by atoms with Crippen LogP contribution in [0.2, 0.25) is 0 Å². The van der Waals surface area contributed by atoms with E-state index in [-0.39, 0.29) is 23.4 Å². The smallest absolute Gasteiger partial charge is 0.182 e. The second-order valence-electron chi connectivity index (χ2n) is 7.34. The van der Waals surface area contributed by atoms with Crippen LogP contribution in [-0.4, -0.2) is 35.1 Å². The third kappa shape index (κ3) is 2.44. The van der Waals surface area contributed by atoms with Crippen molar-refractivity contribution in [1.29, 1.82) is 0 Å². The van der Waals surface area contributed by atoms with Gasteiger partial charge in [-0.05, 0) is 48.1 Å². The Kier molecular flexibility index (Phi) is 4.22. The molecule has 2 aliphatic rings. The molecule has 2 heterocycles. The van der Waals surface area contributed by atoms with Gasteiger partial charge in [-0.25, -0.2) is 0 Å². The molecule has 4 rings (SSSR count). The Bertz CT molecular complexity index is 781. The van der Waals surface area contributed by atoms with Crippen molar-refractivity contribution in [1.82, 2.24) is 15.3 Å². The fourth-order valence-electron chi connectivity index (χ4n) is 4.22. The molecule has 0 unspecified atom stereocenters. The maximum atomic E-state index is 8.81.